The molecule has 0 spiro atoms. The minimum atomic E-state index is 0.634. The molecule has 0 aliphatic rings. The zero-order valence-electron chi connectivity index (χ0n) is 9.08. The molecule has 0 saturated carbocycles. The first-order chi connectivity index (χ1) is 8.20. The topological polar surface area (TPSA) is 34.1 Å². The predicted molar refractivity (Wildman–Crippen MR) is 73.2 cm³/mol. The van der Waals surface area contributed by atoms with Crippen molar-refractivity contribution in [3.8, 4) is 5.75 Å². The Kier molecular flexibility index (Phi) is 3.86. The maximum absolute atomic E-state index is 6.11. The summed E-state index contributed by atoms with van der Waals surface area (Å²) in [4.78, 5) is 4.00. The normalized spacial score (nSPS) is 10.1. The summed E-state index contributed by atoms with van der Waals surface area (Å²) in [6.07, 6.45) is 3.43. The largest absolute Gasteiger partial charge is 0.497 e. The van der Waals surface area contributed by atoms with Crippen LogP contribution in [0.3, 0.4) is 0 Å². The Morgan fingerprint density at radius 3 is 2.82 bits per heavy atom. The lowest BCUT2D eigenvalue weighted by molar-refractivity contribution is 0.415. The quantitative estimate of drug-likeness (QED) is 0.920. The van der Waals surface area contributed by atoms with Gasteiger partial charge in [-0.15, -0.1) is 0 Å². The van der Waals surface area contributed by atoms with Crippen molar-refractivity contribution in [1.82, 2.24) is 4.98 Å². The second kappa shape index (κ2) is 5.38. The van der Waals surface area contributed by atoms with Gasteiger partial charge in [-0.1, -0.05) is 11.6 Å². The third kappa shape index (κ3) is 2.90. The van der Waals surface area contributed by atoms with E-state index in [0.29, 0.717) is 5.02 Å². The number of benzene rings is 1. The van der Waals surface area contributed by atoms with E-state index in [1.807, 2.05) is 18.2 Å². The summed E-state index contributed by atoms with van der Waals surface area (Å²) in [6.45, 7) is 0. The van der Waals surface area contributed by atoms with Gasteiger partial charge in [-0.3, -0.25) is 4.98 Å². The van der Waals surface area contributed by atoms with Crippen LogP contribution in [0.1, 0.15) is 0 Å². The Hall–Kier alpha value is -1.26. The standard InChI is InChI=1S/C12H10BrClN2O/c1-17-8-2-3-10(14)12(6-8)16-11-4-5-15-7-9(11)13/h2-7H,1H3,(H,15,16). The number of nitrogens with one attached hydrogen (secondary N) is 1. The van der Waals surface area contributed by atoms with Gasteiger partial charge < -0.3 is 10.1 Å². The summed E-state index contributed by atoms with van der Waals surface area (Å²) >= 11 is 9.52. The molecule has 1 N–H and O–H groups in total. The van der Waals surface area contributed by atoms with E-state index in [4.69, 9.17) is 16.3 Å². The minimum absolute atomic E-state index is 0.634. The van der Waals surface area contributed by atoms with Crippen LogP contribution in [0.5, 0.6) is 5.75 Å². The van der Waals surface area contributed by atoms with Gasteiger partial charge in [0.25, 0.3) is 0 Å². The van der Waals surface area contributed by atoms with Gasteiger partial charge in [0.15, 0.2) is 0 Å². The SMILES string of the molecule is COc1ccc(Cl)c(Nc2ccncc2Br)c1. The Morgan fingerprint density at radius 2 is 2.12 bits per heavy atom. The molecule has 0 atom stereocenters. The van der Waals surface area contributed by atoms with Crippen molar-refractivity contribution in [2.24, 2.45) is 0 Å². The van der Waals surface area contributed by atoms with Gasteiger partial charge in [0.2, 0.25) is 0 Å². The molecule has 0 unspecified atom stereocenters. The summed E-state index contributed by atoms with van der Waals surface area (Å²) in [5.74, 6) is 0.752. The number of hydrogen-bond donors (Lipinski definition) is 1. The Balaban J connectivity index is 2.32. The molecule has 0 bridgehead atoms. The second-order valence-corrected chi connectivity index (χ2v) is 4.59. The number of anilines is 2. The molecule has 2 rings (SSSR count). The number of methoxy groups -OCH3 is 1. The lowest BCUT2D eigenvalue weighted by Crippen LogP contribution is -1.93. The maximum Gasteiger partial charge on any atom is 0.121 e. The fourth-order valence-corrected chi connectivity index (χ4v) is 1.86. The first kappa shape index (κ1) is 12.2. The van der Waals surface area contributed by atoms with Crippen molar-refractivity contribution in [3.63, 3.8) is 0 Å². The fourth-order valence-electron chi connectivity index (χ4n) is 1.35. The summed E-state index contributed by atoms with van der Waals surface area (Å²) in [7, 11) is 1.62. The molecule has 0 radical (unpaired) electrons. The van der Waals surface area contributed by atoms with Gasteiger partial charge >= 0.3 is 0 Å². The second-order valence-electron chi connectivity index (χ2n) is 3.33. The van der Waals surface area contributed by atoms with Crippen molar-refractivity contribution in [2.45, 2.75) is 0 Å². The summed E-state index contributed by atoms with van der Waals surface area (Å²) < 4.78 is 6.03. The number of ether oxygens (including phenoxy) is 1. The molecule has 88 valence electrons. The van der Waals surface area contributed by atoms with Crippen LogP contribution in [0.25, 0.3) is 0 Å². The van der Waals surface area contributed by atoms with E-state index in [9.17, 15) is 0 Å². The molecule has 17 heavy (non-hydrogen) atoms. The number of pyridine rings is 1. The van der Waals surface area contributed by atoms with E-state index < -0.39 is 0 Å². The lowest BCUT2D eigenvalue weighted by Gasteiger charge is -2.11. The average molecular weight is 314 g/mol. The van der Waals surface area contributed by atoms with Crippen LogP contribution in [0, 0.1) is 0 Å². The smallest absolute Gasteiger partial charge is 0.121 e. The van der Waals surface area contributed by atoms with Crippen LogP contribution in [0.4, 0.5) is 11.4 Å². The Bertz CT molecular complexity index is 534. The first-order valence-electron chi connectivity index (χ1n) is 4.91. The van der Waals surface area contributed by atoms with Gasteiger partial charge in [-0.25, -0.2) is 0 Å². The summed E-state index contributed by atoms with van der Waals surface area (Å²) in [5, 5.41) is 3.85. The maximum atomic E-state index is 6.11. The van der Waals surface area contributed by atoms with E-state index in [-0.39, 0.29) is 0 Å². The minimum Gasteiger partial charge on any atom is -0.497 e. The van der Waals surface area contributed by atoms with Gasteiger partial charge in [-0.05, 0) is 34.1 Å². The van der Waals surface area contributed by atoms with E-state index in [0.717, 1.165) is 21.6 Å². The third-order valence-corrected chi connectivity index (χ3v) is 3.18. The Labute approximate surface area is 113 Å². The van der Waals surface area contributed by atoms with E-state index in [2.05, 4.69) is 26.2 Å². The number of rotatable bonds is 3. The van der Waals surface area contributed by atoms with Crippen molar-refractivity contribution in [1.29, 1.82) is 0 Å². The highest BCUT2D eigenvalue weighted by Crippen LogP contribution is 2.31. The van der Waals surface area contributed by atoms with Crippen LogP contribution >= 0.6 is 27.5 Å². The van der Waals surface area contributed by atoms with Gasteiger partial charge in [0.1, 0.15) is 5.75 Å². The van der Waals surface area contributed by atoms with Crippen LogP contribution in [-0.2, 0) is 0 Å². The molecule has 1 aromatic heterocycles. The molecule has 0 saturated heterocycles. The van der Waals surface area contributed by atoms with Crippen LogP contribution in [0.2, 0.25) is 5.02 Å². The van der Waals surface area contributed by atoms with Crippen LogP contribution in [0.15, 0.2) is 41.1 Å². The molecule has 2 aromatic rings. The summed E-state index contributed by atoms with van der Waals surface area (Å²) in [6, 6.07) is 7.31. The molecule has 5 heteroatoms. The van der Waals surface area contributed by atoms with Crippen molar-refractivity contribution in [2.75, 3.05) is 12.4 Å². The van der Waals surface area contributed by atoms with Crippen molar-refractivity contribution >= 4 is 38.9 Å². The highest BCUT2D eigenvalue weighted by atomic mass is 79.9. The zero-order valence-corrected chi connectivity index (χ0v) is 11.4. The van der Waals surface area contributed by atoms with Crippen LogP contribution in [-0.4, -0.2) is 12.1 Å². The monoisotopic (exact) mass is 312 g/mol. The van der Waals surface area contributed by atoms with Gasteiger partial charge in [0.05, 0.1) is 28.0 Å². The molecule has 0 fully saturated rings. The summed E-state index contributed by atoms with van der Waals surface area (Å²) in [5.41, 5.74) is 1.69. The molecule has 1 heterocycles. The lowest BCUT2D eigenvalue weighted by atomic mass is 10.3. The molecule has 3 nitrogen and oxygen atoms in total. The highest BCUT2D eigenvalue weighted by molar-refractivity contribution is 9.10. The van der Waals surface area contributed by atoms with E-state index in [1.165, 1.54) is 0 Å². The number of halogens is 2. The number of aromatic nitrogens is 1. The van der Waals surface area contributed by atoms with Crippen molar-refractivity contribution < 1.29 is 4.74 Å². The van der Waals surface area contributed by atoms with Gasteiger partial charge in [-0.2, -0.15) is 0 Å². The molecular formula is C12H10BrClN2O. The average Bonchev–Trinajstić information content (AvgIpc) is 2.35. The molecule has 0 aliphatic heterocycles. The number of hydrogen-bond acceptors (Lipinski definition) is 3. The van der Waals surface area contributed by atoms with Crippen molar-refractivity contribution in [3.05, 3.63) is 46.2 Å². The van der Waals surface area contributed by atoms with E-state index in [1.54, 1.807) is 25.6 Å². The molecular weight excluding hydrogens is 304 g/mol. The third-order valence-electron chi connectivity index (χ3n) is 2.22. The molecule has 1 aromatic carbocycles. The van der Waals surface area contributed by atoms with Crippen LogP contribution < -0.4 is 10.1 Å². The fraction of sp³-hybridized carbons (Fsp3) is 0.0833. The number of nitrogens with zero attached hydrogens (tertiary/aromatic N) is 1. The first-order valence-corrected chi connectivity index (χ1v) is 6.08. The van der Waals surface area contributed by atoms with E-state index >= 15 is 0 Å². The molecule has 0 aliphatic carbocycles. The van der Waals surface area contributed by atoms with Gasteiger partial charge in [0, 0.05) is 18.5 Å². The molecule has 0 amide bonds. The zero-order chi connectivity index (χ0) is 12.3. The Morgan fingerprint density at radius 1 is 1.29 bits per heavy atom. The highest BCUT2D eigenvalue weighted by Gasteiger charge is 2.05. The predicted octanol–water partition coefficient (Wildman–Crippen LogP) is 4.25.